The van der Waals surface area contributed by atoms with Gasteiger partial charge in [-0.25, -0.2) is 0 Å². The molecule has 2 rings (SSSR count). The third-order valence-electron chi connectivity index (χ3n) is 5.24. The number of nitrogens with one attached hydrogen (secondary N) is 2. The Labute approximate surface area is 184 Å². The van der Waals surface area contributed by atoms with Crippen molar-refractivity contribution >= 4 is 22.8 Å². The summed E-state index contributed by atoms with van der Waals surface area (Å²) in [4.78, 5) is 36.3. The Morgan fingerprint density at radius 3 is 2.03 bits per heavy atom. The number of carbonyl (C=O) groups is 2. The molecule has 0 aliphatic heterocycles. The van der Waals surface area contributed by atoms with Crippen molar-refractivity contribution in [2.24, 2.45) is 0 Å². The summed E-state index contributed by atoms with van der Waals surface area (Å²) >= 11 is 0. The van der Waals surface area contributed by atoms with E-state index in [4.69, 9.17) is 4.42 Å². The van der Waals surface area contributed by atoms with E-state index >= 15 is 0 Å². The molecule has 2 amide bonds. The Kier molecular flexibility index (Phi) is 7.68. The first-order valence-corrected chi connectivity index (χ1v) is 11.0. The Bertz CT molecular complexity index is 1010. The first-order chi connectivity index (χ1) is 14.3. The number of unbranched alkanes of at least 4 members (excludes halogenated alkanes) is 2. The number of amides is 2. The van der Waals surface area contributed by atoms with Gasteiger partial charge >= 0.3 is 0 Å². The van der Waals surface area contributed by atoms with Crippen LogP contribution in [0.5, 0.6) is 0 Å². The lowest BCUT2D eigenvalue weighted by molar-refractivity contribution is -0.118. The highest BCUT2D eigenvalue weighted by Crippen LogP contribution is 2.34. The van der Waals surface area contributed by atoms with Crippen LogP contribution in [0, 0.1) is 0 Å². The van der Waals surface area contributed by atoms with Crippen molar-refractivity contribution in [3.8, 4) is 0 Å². The zero-order valence-electron chi connectivity index (χ0n) is 19.9. The van der Waals surface area contributed by atoms with Gasteiger partial charge in [0.2, 0.25) is 5.91 Å². The van der Waals surface area contributed by atoms with Crippen molar-refractivity contribution in [1.29, 1.82) is 0 Å². The van der Waals surface area contributed by atoms with Gasteiger partial charge in [-0.05, 0) is 41.7 Å². The highest BCUT2D eigenvalue weighted by Gasteiger charge is 2.25. The van der Waals surface area contributed by atoms with Crippen molar-refractivity contribution in [3.63, 3.8) is 0 Å². The average molecular weight is 429 g/mol. The van der Waals surface area contributed by atoms with Crippen LogP contribution in [0.15, 0.2) is 27.4 Å². The molecule has 0 saturated heterocycles. The van der Waals surface area contributed by atoms with Gasteiger partial charge < -0.3 is 15.1 Å². The smallest absolute Gasteiger partial charge is 0.287 e. The number of carbonyl (C=O) groups excluding carboxylic acids is 2. The fourth-order valence-corrected chi connectivity index (χ4v) is 3.34. The van der Waals surface area contributed by atoms with E-state index in [-0.39, 0.29) is 33.8 Å². The van der Waals surface area contributed by atoms with E-state index < -0.39 is 0 Å². The molecular formula is C25H36N2O4. The van der Waals surface area contributed by atoms with Crippen LogP contribution in [0.3, 0.4) is 0 Å². The van der Waals surface area contributed by atoms with Crippen LogP contribution in [0.1, 0.15) is 89.4 Å². The minimum atomic E-state index is -0.388. The van der Waals surface area contributed by atoms with Crippen molar-refractivity contribution in [2.75, 3.05) is 13.1 Å². The summed E-state index contributed by atoms with van der Waals surface area (Å²) < 4.78 is 5.99. The van der Waals surface area contributed by atoms with Gasteiger partial charge in [0, 0.05) is 31.6 Å². The summed E-state index contributed by atoms with van der Waals surface area (Å²) in [7, 11) is 0. The maximum atomic E-state index is 12.9. The molecule has 170 valence electrons. The predicted molar refractivity (Wildman–Crippen MR) is 125 cm³/mol. The van der Waals surface area contributed by atoms with Crippen LogP contribution in [0.25, 0.3) is 11.0 Å². The predicted octanol–water partition coefficient (Wildman–Crippen LogP) is 4.42. The van der Waals surface area contributed by atoms with E-state index in [1.807, 2.05) is 6.07 Å². The highest BCUT2D eigenvalue weighted by molar-refractivity contribution is 5.93. The normalized spacial score (nSPS) is 12.1. The van der Waals surface area contributed by atoms with Gasteiger partial charge in [0.05, 0.1) is 5.39 Å². The first kappa shape index (κ1) is 24.6. The topological polar surface area (TPSA) is 88.4 Å². The standard InChI is InChI=1S/C25H36N2O4/c1-16(28)26-11-9-8-10-12-27-23(30)21-15-20(29)18-13-17(24(2,3)4)14-19(22(18)31-21)25(5,6)7/h13-15H,8-12H2,1-7H3,(H,26,28)(H,27,30). The molecule has 0 unspecified atom stereocenters. The molecular weight excluding hydrogens is 392 g/mol. The van der Waals surface area contributed by atoms with E-state index in [9.17, 15) is 14.4 Å². The quantitative estimate of drug-likeness (QED) is 0.639. The fourth-order valence-electron chi connectivity index (χ4n) is 3.34. The molecule has 0 atom stereocenters. The number of benzene rings is 1. The lowest BCUT2D eigenvalue weighted by Gasteiger charge is -2.26. The highest BCUT2D eigenvalue weighted by atomic mass is 16.3. The van der Waals surface area contributed by atoms with Crippen LogP contribution < -0.4 is 16.1 Å². The number of hydrogen-bond donors (Lipinski definition) is 2. The van der Waals surface area contributed by atoms with Gasteiger partial charge in [-0.2, -0.15) is 0 Å². The van der Waals surface area contributed by atoms with Gasteiger partial charge in [0.1, 0.15) is 5.58 Å². The molecule has 1 aromatic carbocycles. The summed E-state index contributed by atoms with van der Waals surface area (Å²) in [5.41, 5.74) is 1.88. The van der Waals surface area contributed by atoms with Crippen molar-refractivity contribution in [3.05, 3.63) is 45.3 Å². The maximum absolute atomic E-state index is 12.9. The average Bonchev–Trinajstić information content (AvgIpc) is 2.64. The van der Waals surface area contributed by atoms with E-state index in [0.717, 1.165) is 30.4 Å². The molecule has 0 aliphatic rings. The van der Waals surface area contributed by atoms with Crippen LogP contribution in [-0.4, -0.2) is 24.9 Å². The number of rotatable bonds is 7. The second-order valence-electron chi connectivity index (χ2n) is 10.2. The molecule has 31 heavy (non-hydrogen) atoms. The minimum Gasteiger partial charge on any atom is -0.450 e. The second kappa shape index (κ2) is 9.67. The van der Waals surface area contributed by atoms with E-state index in [2.05, 4.69) is 58.2 Å². The molecule has 0 aliphatic carbocycles. The summed E-state index contributed by atoms with van der Waals surface area (Å²) in [5, 5.41) is 6.08. The molecule has 0 saturated carbocycles. The molecule has 0 spiro atoms. The van der Waals surface area contributed by atoms with Crippen molar-refractivity contribution in [2.45, 2.75) is 78.6 Å². The van der Waals surface area contributed by atoms with Gasteiger partial charge in [0.25, 0.3) is 5.91 Å². The molecule has 6 nitrogen and oxygen atoms in total. The lowest BCUT2D eigenvalue weighted by atomic mass is 9.79. The van der Waals surface area contributed by atoms with E-state index in [0.29, 0.717) is 24.1 Å². The zero-order chi connectivity index (χ0) is 23.4. The molecule has 2 aromatic rings. The molecule has 0 bridgehead atoms. The first-order valence-electron chi connectivity index (χ1n) is 11.0. The summed E-state index contributed by atoms with van der Waals surface area (Å²) in [6.45, 7) is 15.2. The van der Waals surface area contributed by atoms with E-state index in [1.165, 1.54) is 13.0 Å². The van der Waals surface area contributed by atoms with Crippen LogP contribution in [0.4, 0.5) is 0 Å². The Hall–Kier alpha value is -2.63. The molecule has 0 fully saturated rings. The van der Waals surface area contributed by atoms with Crippen LogP contribution in [-0.2, 0) is 15.6 Å². The molecule has 2 N–H and O–H groups in total. The summed E-state index contributed by atoms with van der Waals surface area (Å²) in [5.74, 6) is -0.394. The summed E-state index contributed by atoms with van der Waals surface area (Å²) in [6.07, 6.45) is 2.52. The maximum Gasteiger partial charge on any atom is 0.287 e. The molecule has 0 radical (unpaired) electrons. The Morgan fingerprint density at radius 1 is 0.871 bits per heavy atom. The third-order valence-corrected chi connectivity index (χ3v) is 5.24. The largest absolute Gasteiger partial charge is 0.450 e. The van der Waals surface area contributed by atoms with Gasteiger partial charge in [-0.3, -0.25) is 14.4 Å². The second-order valence-corrected chi connectivity index (χ2v) is 10.2. The van der Waals surface area contributed by atoms with Crippen LogP contribution in [0.2, 0.25) is 0 Å². The SMILES string of the molecule is CC(=O)NCCCCCNC(=O)c1cc(=O)c2cc(C(C)(C)C)cc(C(C)(C)C)c2o1. The lowest BCUT2D eigenvalue weighted by Crippen LogP contribution is -2.26. The number of fused-ring (bicyclic) bond motifs is 1. The number of hydrogen-bond acceptors (Lipinski definition) is 4. The fraction of sp³-hybridized carbons (Fsp3) is 0.560. The van der Waals surface area contributed by atoms with Crippen molar-refractivity contribution in [1.82, 2.24) is 10.6 Å². The third kappa shape index (κ3) is 6.68. The van der Waals surface area contributed by atoms with Gasteiger partial charge in [-0.1, -0.05) is 47.6 Å². The molecule has 1 aromatic heterocycles. The van der Waals surface area contributed by atoms with Crippen molar-refractivity contribution < 1.29 is 14.0 Å². The minimum absolute atomic E-state index is 0.0322. The zero-order valence-corrected chi connectivity index (χ0v) is 19.9. The molecule has 6 heteroatoms. The Balaban J connectivity index is 2.24. The van der Waals surface area contributed by atoms with E-state index in [1.54, 1.807) is 0 Å². The Morgan fingerprint density at radius 2 is 1.48 bits per heavy atom. The summed E-state index contributed by atoms with van der Waals surface area (Å²) in [6, 6.07) is 5.25. The molecule has 1 heterocycles. The van der Waals surface area contributed by atoms with Crippen LogP contribution >= 0.6 is 0 Å². The monoisotopic (exact) mass is 428 g/mol. The van der Waals surface area contributed by atoms with Gasteiger partial charge in [-0.15, -0.1) is 0 Å². The van der Waals surface area contributed by atoms with Gasteiger partial charge in [0.15, 0.2) is 11.2 Å².